The molecule has 7 nitrogen and oxygen atoms in total. The number of nitrogens with zero attached hydrogens (tertiary/aromatic N) is 2. The van der Waals surface area contributed by atoms with Crippen LogP contribution in [0, 0.1) is 0 Å². The van der Waals surface area contributed by atoms with Gasteiger partial charge in [-0.2, -0.15) is 0 Å². The van der Waals surface area contributed by atoms with Crippen molar-refractivity contribution in [1.82, 2.24) is 14.9 Å². The molecule has 0 aliphatic carbocycles. The molecule has 2 N–H and O–H groups in total. The lowest BCUT2D eigenvalue weighted by molar-refractivity contribution is 0.0652. The van der Waals surface area contributed by atoms with E-state index in [2.05, 4.69) is 15.3 Å². The summed E-state index contributed by atoms with van der Waals surface area (Å²) in [7, 11) is 0. The second kappa shape index (κ2) is 7.71. The number of aromatic amines is 1. The predicted molar refractivity (Wildman–Crippen MR) is 109 cm³/mol. The number of anilines is 1. The van der Waals surface area contributed by atoms with Crippen LogP contribution >= 0.6 is 0 Å². The van der Waals surface area contributed by atoms with Crippen molar-refractivity contribution >= 4 is 23.4 Å². The van der Waals surface area contributed by atoms with E-state index in [0.717, 1.165) is 24.2 Å². The van der Waals surface area contributed by atoms with E-state index in [1.807, 2.05) is 19.1 Å². The first-order valence-corrected chi connectivity index (χ1v) is 9.50. The van der Waals surface area contributed by atoms with Gasteiger partial charge in [0.2, 0.25) is 0 Å². The third-order valence-electron chi connectivity index (χ3n) is 4.88. The van der Waals surface area contributed by atoms with Gasteiger partial charge in [0.05, 0.1) is 11.1 Å². The van der Waals surface area contributed by atoms with Crippen LogP contribution in [-0.4, -0.2) is 39.1 Å². The predicted octanol–water partition coefficient (Wildman–Crippen LogP) is 3.73. The summed E-state index contributed by atoms with van der Waals surface area (Å²) < 4.78 is 0. The molecular weight excluding hydrogens is 368 g/mol. The third kappa shape index (κ3) is 3.54. The standard InChI is InChI=1S/C22H20N4O3/c1-2-3-12-26-21(28)17-9-6-15(13-18(17)22(26)29)20(27)25-16-7-4-14(5-8-16)19-23-10-11-24-19/h4-11,13H,2-3,12H2,1H3,(H,23,24)(H,25,27). The van der Waals surface area contributed by atoms with Crippen LogP contribution < -0.4 is 5.32 Å². The minimum atomic E-state index is -0.342. The number of H-pyrrole nitrogens is 1. The van der Waals surface area contributed by atoms with Crippen molar-refractivity contribution in [3.63, 3.8) is 0 Å². The van der Waals surface area contributed by atoms with Crippen LogP contribution in [0.2, 0.25) is 0 Å². The van der Waals surface area contributed by atoms with E-state index in [4.69, 9.17) is 0 Å². The summed E-state index contributed by atoms with van der Waals surface area (Å²) in [5, 5.41) is 2.81. The molecule has 0 fully saturated rings. The maximum Gasteiger partial charge on any atom is 0.261 e. The molecule has 0 bridgehead atoms. The molecule has 0 atom stereocenters. The van der Waals surface area contributed by atoms with Crippen molar-refractivity contribution < 1.29 is 14.4 Å². The number of rotatable bonds is 6. The molecule has 4 rings (SSSR count). The molecule has 0 unspecified atom stereocenters. The Morgan fingerprint density at radius 2 is 1.83 bits per heavy atom. The summed E-state index contributed by atoms with van der Waals surface area (Å²) in [5.41, 5.74) is 2.49. The lowest BCUT2D eigenvalue weighted by atomic mass is 10.1. The zero-order valence-corrected chi connectivity index (χ0v) is 15.9. The molecule has 3 amide bonds. The van der Waals surface area contributed by atoms with Crippen LogP contribution in [0.15, 0.2) is 54.9 Å². The van der Waals surface area contributed by atoms with Crippen molar-refractivity contribution in [3.05, 3.63) is 71.5 Å². The number of imidazole rings is 1. The summed E-state index contributed by atoms with van der Waals surface area (Å²) in [6, 6.07) is 11.9. The van der Waals surface area contributed by atoms with Gasteiger partial charge in [-0.15, -0.1) is 0 Å². The highest BCUT2D eigenvalue weighted by Gasteiger charge is 2.35. The van der Waals surface area contributed by atoms with E-state index in [1.54, 1.807) is 36.7 Å². The average molecular weight is 388 g/mol. The fraction of sp³-hybridized carbons (Fsp3) is 0.182. The van der Waals surface area contributed by atoms with Crippen molar-refractivity contribution in [3.8, 4) is 11.4 Å². The van der Waals surface area contributed by atoms with Gasteiger partial charge in [-0.1, -0.05) is 13.3 Å². The number of aromatic nitrogens is 2. The van der Waals surface area contributed by atoms with Gasteiger partial charge >= 0.3 is 0 Å². The Bertz CT molecular complexity index is 1070. The summed E-state index contributed by atoms with van der Waals surface area (Å²) >= 11 is 0. The number of amides is 3. The molecular formula is C22H20N4O3. The van der Waals surface area contributed by atoms with Crippen molar-refractivity contribution in [2.75, 3.05) is 11.9 Å². The van der Waals surface area contributed by atoms with Crippen molar-refractivity contribution in [1.29, 1.82) is 0 Å². The van der Waals surface area contributed by atoms with Gasteiger partial charge in [-0.3, -0.25) is 19.3 Å². The quantitative estimate of drug-likeness (QED) is 0.629. The van der Waals surface area contributed by atoms with Crippen LogP contribution in [-0.2, 0) is 0 Å². The van der Waals surface area contributed by atoms with E-state index >= 15 is 0 Å². The zero-order chi connectivity index (χ0) is 20.4. The van der Waals surface area contributed by atoms with Gasteiger partial charge in [0.1, 0.15) is 5.82 Å². The maximum absolute atomic E-state index is 12.6. The van der Waals surface area contributed by atoms with Crippen LogP contribution in [0.25, 0.3) is 11.4 Å². The Balaban J connectivity index is 1.50. The van der Waals surface area contributed by atoms with Gasteiger partial charge < -0.3 is 10.3 Å². The lowest BCUT2D eigenvalue weighted by Crippen LogP contribution is -2.30. The highest BCUT2D eigenvalue weighted by atomic mass is 16.2. The fourth-order valence-corrected chi connectivity index (χ4v) is 3.29. The van der Waals surface area contributed by atoms with E-state index in [-0.39, 0.29) is 23.3 Å². The molecule has 7 heteroatoms. The minimum Gasteiger partial charge on any atom is -0.345 e. The molecule has 0 spiro atoms. The number of imide groups is 1. The van der Waals surface area contributed by atoms with Crippen LogP contribution in [0.3, 0.4) is 0 Å². The SMILES string of the molecule is CCCCN1C(=O)c2ccc(C(=O)Nc3ccc(-c4ncc[nH]4)cc3)cc2C1=O. The monoisotopic (exact) mass is 388 g/mol. The number of carbonyl (C=O) groups is 3. The second-order valence-corrected chi connectivity index (χ2v) is 6.85. The molecule has 2 aromatic carbocycles. The fourth-order valence-electron chi connectivity index (χ4n) is 3.29. The molecule has 146 valence electrons. The molecule has 29 heavy (non-hydrogen) atoms. The number of hydrogen-bond donors (Lipinski definition) is 2. The Morgan fingerprint density at radius 1 is 1.07 bits per heavy atom. The minimum absolute atomic E-state index is 0.284. The number of unbranched alkanes of at least 4 members (excludes halogenated alkanes) is 1. The topological polar surface area (TPSA) is 95.2 Å². The smallest absolute Gasteiger partial charge is 0.261 e. The van der Waals surface area contributed by atoms with Crippen molar-refractivity contribution in [2.45, 2.75) is 19.8 Å². The first kappa shape index (κ1) is 18.6. The molecule has 2 heterocycles. The molecule has 0 saturated carbocycles. The lowest BCUT2D eigenvalue weighted by Gasteiger charge is -2.12. The molecule has 0 saturated heterocycles. The maximum atomic E-state index is 12.6. The summed E-state index contributed by atoms with van der Waals surface area (Å²) in [6.07, 6.45) is 5.06. The van der Waals surface area contributed by atoms with Gasteiger partial charge in [0.15, 0.2) is 0 Å². The van der Waals surface area contributed by atoms with Gasteiger partial charge in [0, 0.05) is 35.8 Å². The highest BCUT2D eigenvalue weighted by molar-refractivity contribution is 6.22. The second-order valence-electron chi connectivity index (χ2n) is 6.85. The largest absolute Gasteiger partial charge is 0.345 e. The molecule has 3 aromatic rings. The number of fused-ring (bicyclic) bond motifs is 1. The highest BCUT2D eigenvalue weighted by Crippen LogP contribution is 2.25. The van der Waals surface area contributed by atoms with Crippen LogP contribution in [0.5, 0.6) is 0 Å². The van der Waals surface area contributed by atoms with Gasteiger partial charge in [-0.05, 0) is 48.9 Å². The first-order chi connectivity index (χ1) is 14.1. The molecule has 0 radical (unpaired) electrons. The summed E-state index contributed by atoms with van der Waals surface area (Å²) in [6.45, 7) is 2.40. The van der Waals surface area contributed by atoms with Gasteiger partial charge in [-0.25, -0.2) is 4.98 Å². The zero-order valence-electron chi connectivity index (χ0n) is 15.9. The number of hydrogen-bond acceptors (Lipinski definition) is 4. The number of nitrogens with one attached hydrogen (secondary N) is 2. The molecule has 1 aliphatic rings. The third-order valence-corrected chi connectivity index (χ3v) is 4.88. The number of carbonyl (C=O) groups excluding carboxylic acids is 3. The number of benzene rings is 2. The van der Waals surface area contributed by atoms with E-state index < -0.39 is 0 Å². The average Bonchev–Trinajstić information content (AvgIpc) is 3.35. The molecule has 1 aromatic heterocycles. The first-order valence-electron chi connectivity index (χ1n) is 9.50. The van der Waals surface area contributed by atoms with E-state index in [1.165, 1.54) is 11.0 Å². The Hall–Kier alpha value is -3.74. The summed E-state index contributed by atoms with van der Waals surface area (Å²) in [4.78, 5) is 46.1. The Labute approximate surface area is 167 Å². The molecule has 1 aliphatic heterocycles. The summed E-state index contributed by atoms with van der Waals surface area (Å²) in [5.74, 6) is -0.224. The van der Waals surface area contributed by atoms with Crippen LogP contribution in [0.4, 0.5) is 5.69 Å². The van der Waals surface area contributed by atoms with Gasteiger partial charge in [0.25, 0.3) is 17.7 Å². The van der Waals surface area contributed by atoms with E-state index in [9.17, 15) is 14.4 Å². The van der Waals surface area contributed by atoms with Crippen molar-refractivity contribution in [2.24, 2.45) is 0 Å². The van der Waals surface area contributed by atoms with E-state index in [0.29, 0.717) is 23.4 Å². The Morgan fingerprint density at radius 3 is 2.52 bits per heavy atom. The normalized spacial score (nSPS) is 12.9. The van der Waals surface area contributed by atoms with Crippen LogP contribution in [0.1, 0.15) is 50.8 Å². The Kier molecular flexibility index (Phi) is 4.95.